The predicted molar refractivity (Wildman–Crippen MR) is 47.2 cm³/mol. The van der Waals surface area contributed by atoms with E-state index in [4.69, 9.17) is 27.9 Å². The molecule has 0 atom stereocenters. The Bertz CT molecular complexity index is 62.5. The summed E-state index contributed by atoms with van der Waals surface area (Å²) in [6.45, 7) is 2.08. The van der Waals surface area contributed by atoms with E-state index in [0.717, 1.165) is 5.75 Å². The van der Waals surface area contributed by atoms with E-state index < -0.39 is 5.02 Å². The van der Waals surface area contributed by atoms with Crippen LogP contribution in [0.15, 0.2) is 0 Å². The van der Waals surface area contributed by atoms with Crippen LogP contribution in [0.4, 0.5) is 0 Å². The summed E-state index contributed by atoms with van der Waals surface area (Å²) >= 11 is 10.6. The summed E-state index contributed by atoms with van der Waals surface area (Å²) < 4.78 is 4.82. The molecule has 0 amide bonds. The minimum atomic E-state index is -0.685. The van der Waals surface area contributed by atoms with Crippen LogP contribution in [0.5, 0.6) is 0 Å². The highest BCUT2D eigenvalue weighted by Crippen LogP contribution is 2.21. The number of halogens is 2. The lowest BCUT2D eigenvalue weighted by molar-refractivity contribution is 0.209. The van der Waals surface area contributed by atoms with Crippen molar-refractivity contribution in [3.63, 3.8) is 0 Å². The van der Waals surface area contributed by atoms with E-state index in [-0.39, 0.29) is 0 Å². The Hall–Kier alpha value is 1.24. The lowest BCUT2D eigenvalue weighted by atomic mass is 11.0. The van der Waals surface area contributed by atoms with Crippen LogP contribution in [0.2, 0.25) is 0 Å². The van der Waals surface area contributed by atoms with Gasteiger partial charge in [0, 0.05) is 5.75 Å². The normalized spacial score (nSPS) is 10.7. The molecule has 0 heterocycles. The molecule has 0 aromatic carbocycles. The van der Waals surface area contributed by atoms with Crippen LogP contribution in [-0.4, -0.2) is 16.7 Å². The van der Waals surface area contributed by atoms with E-state index in [0.29, 0.717) is 5.94 Å². The maximum atomic E-state index is 5.28. The van der Waals surface area contributed by atoms with Crippen molar-refractivity contribution in [2.45, 2.75) is 11.9 Å². The Balaban J connectivity index is 2.75. The van der Waals surface area contributed by atoms with Crippen molar-refractivity contribution in [3.8, 4) is 0 Å². The minimum Gasteiger partial charge on any atom is -0.337 e. The van der Waals surface area contributed by atoms with Gasteiger partial charge in [0.1, 0.15) is 5.94 Å². The van der Waals surface area contributed by atoms with E-state index in [2.05, 4.69) is 6.92 Å². The molecule has 0 spiro atoms. The predicted octanol–water partition coefficient (Wildman–Crippen LogP) is 3.12. The molecule has 0 fully saturated rings. The quantitative estimate of drug-likeness (QED) is 0.296. The molecule has 0 aliphatic heterocycles. The maximum Gasteiger partial charge on any atom is 0.207 e. The standard InChI is InChI=1S/C4H8Cl2OS2/c1-2-8-9-3-7-4(5)6/h4H,2-3H2,1H3. The lowest BCUT2D eigenvalue weighted by Gasteiger charge is -2.00. The average Bonchev–Trinajstić information content (AvgIpc) is 1.80. The fraction of sp³-hybridized carbons (Fsp3) is 1.00. The van der Waals surface area contributed by atoms with Gasteiger partial charge in [-0.15, -0.1) is 0 Å². The molecular formula is C4H8Cl2OS2. The van der Waals surface area contributed by atoms with Gasteiger partial charge in [0.2, 0.25) is 5.02 Å². The molecule has 0 saturated carbocycles. The van der Waals surface area contributed by atoms with E-state index in [1.807, 2.05) is 0 Å². The zero-order chi connectivity index (χ0) is 7.11. The Morgan fingerprint density at radius 3 is 2.56 bits per heavy atom. The van der Waals surface area contributed by atoms with Gasteiger partial charge in [0.15, 0.2) is 0 Å². The molecule has 0 rings (SSSR count). The molecule has 5 heteroatoms. The van der Waals surface area contributed by atoms with Gasteiger partial charge >= 0.3 is 0 Å². The van der Waals surface area contributed by atoms with Crippen molar-refractivity contribution in [2.24, 2.45) is 0 Å². The molecule has 0 bridgehead atoms. The minimum absolute atomic E-state index is 0.552. The van der Waals surface area contributed by atoms with Crippen LogP contribution in [0, 0.1) is 0 Å². The molecule has 0 saturated heterocycles. The molecule has 56 valence electrons. The van der Waals surface area contributed by atoms with Crippen molar-refractivity contribution < 1.29 is 4.74 Å². The summed E-state index contributed by atoms with van der Waals surface area (Å²) in [5.74, 6) is 1.62. The highest BCUT2D eigenvalue weighted by atomic mass is 35.5. The number of ether oxygens (including phenoxy) is 1. The molecule has 0 aromatic heterocycles. The highest BCUT2D eigenvalue weighted by Gasteiger charge is 1.95. The van der Waals surface area contributed by atoms with Crippen LogP contribution in [0.25, 0.3) is 0 Å². The third-order valence-corrected chi connectivity index (χ3v) is 2.83. The Morgan fingerprint density at radius 2 is 2.11 bits per heavy atom. The summed E-state index contributed by atoms with van der Waals surface area (Å²) in [4.78, 5) is 0. The third kappa shape index (κ3) is 9.24. The van der Waals surface area contributed by atoms with E-state index in [1.165, 1.54) is 0 Å². The van der Waals surface area contributed by atoms with Gasteiger partial charge in [0.25, 0.3) is 0 Å². The average molecular weight is 207 g/mol. The van der Waals surface area contributed by atoms with E-state index in [1.54, 1.807) is 21.6 Å². The fourth-order valence-electron chi connectivity index (χ4n) is 0.197. The van der Waals surface area contributed by atoms with Crippen LogP contribution in [0.1, 0.15) is 6.92 Å². The van der Waals surface area contributed by atoms with Crippen molar-refractivity contribution in [3.05, 3.63) is 0 Å². The molecular weight excluding hydrogens is 199 g/mol. The van der Waals surface area contributed by atoms with Gasteiger partial charge in [-0.05, 0) is 0 Å². The zero-order valence-corrected chi connectivity index (χ0v) is 8.12. The first kappa shape index (κ1) is 10.2. The van der Waals surface area contributed by atoms with Crippen molar-refractivity contribution in [1.29, 1.82) is 0 Å². The van der Waals surface area contributed by atoms with Gasteiger partial charge in [-0.2, -0.15) is 0 Å². The summed E-state index contributed by atoms with van der Waals surface area (Å²) in [6, 6.07) is 0. The zero-order valence-electron chi connectivity index (χ0n) is 4.97. The summed E-state index contributed by atoms with van der Waals surface area (Å²) in [7, 11) is 3.33. The number of rotatable bonds is 5. The first-order valence-corrected chi connectivity index (χ1v) is 5.77. The van der Waals surface area contributed by atoms with Gasteiger partial charge in [-0.1, -0.05) is 51.7 Å². The highest BCUT2D eigenvalue weighted by molar-refractivity contribution is 8.76. The smallest absolute Gasteiger partial charge is 0.207 e. The van der Waals surface area contributed by atoms with Crippen molar-refractivity contribution >= 4 is 44.8 Å². The van der Waals surface area contributed by atoms with Crippen LogP contribution in [-0.2, 0) is 4.74 Å². The number of hydrogen-bond acceptors (Lipinski definition) is 3. The third-order valence-electron chi connectivity index (χ3n) is 0.443. The molecule has 0 N–H and O–H groups in total. The van der Waals surface area contributed by atoms with E-state index >= 15 is 0 Å². The van der Waals surface area contributed by atoms with Gasteiger partial charge in [-0.3, -0.25) is 0 Å². The first-order chi connectivity index (χ1) is 4.27. The molecule has 0 aliphatic carbocycles. The molecule has 0 aliphatic rings. The van der Waals surface area contributed by atoms with Crippen LogP contribution >= 0.6 is 44.8 Å². The molecule has 0 unspecified atom stereocenters. The topological polar surface area (TPSA) is 9.23 Å². The van der Waals surface area contributed by atoms with Crippen LogP contribution in [0.3, 0.4) is 0 Å². The SMILES string of the molecule is CCSSCOC(Cl)Cl. The van der Waals surface area contributed by atoms with Crippen molar-refractivity contribution in [2.75, 3.05) is 11.7 Å². The summed E-state index contributed by atoms with van der Waals surface area (Å²) in [5, 5.41) is -0.685. The monoisotopic (exact) mass is 206 g/mol. The molecule has 9 heavy (non-hydrogen) atoms. The fourth-order valence-corrected chi connectivity index (χ4v) is 1.77. The van der Waals surface area contributed by atoms with Gasteiger partial charge in [0.05, 0.1) is 0 Å². The van der Waals surface area contributed by atoms with E-state index in [9.17, 15) is 0 Å². The molecule has 0 aromatic rings. The van der Waals surface area contributed by atoms with Gasteiger partial charge < -0.3 is 4.74 Å². The van der Waals surface area contributed by atoms with Crippen LogP contribution < -0.4 is 0 Å². The summed E-state index contributed by atoms with van der Waals surface area (Å²) in [5.41, 5.74) is 0. The lowest BCUT2D eigenvalue weighted by Crippen LogP contribution is -1.93. The Morgan fingerprint density at radius 1 is 1.44 bits per heavy atom. The number of hydrogen-bond donors (Lipinski definition) is 0. The van der Waals surface area contributed by atoms with Crippen molar-refractivity contribution in [1.82, 2.24) is 0 Å². The second-order valence-corrected chi connectivity index (χ2v) is 4.78. The molecule has 1 nitrogen and oxygen atoms in total. The van der Waals surface area contributed by atoms with Gasteiger partial charge in [-0.25, -0.2) is 0 Å². The Kier molecular flexibility index (Phi) is 8.36. The molecule has 0 radical (unpaired) electrons. The number of alkyl halides is 2. The second kappa shape index (κ2) is 7.35. The Labute approximate surface area is 73.2 Å². The first-order valence-electron chi connectivity index (χ1n) is 2.41. The summed E-state index contributed by atoms with van der Waals surface area (Å²) in [6.07, 6.45) is 0. The second-order valence-electron chi connectivity index (χ2n) is 1.07. The largest absolute Gasteiger partial charge is 0.337 e. The maximum absolute atomic E-state index is 5.28.